The van der Waals surface area contributed by atoms with Crippen LogP contribution in [0.5, 0.6) is 5.75 Å². The number of nitrogens with zero attached hydrogens (tertiary/aromatic N) is 1. The van der Waals surface area contributed by atoms with Crippen LogP contribution in [0.1, 0.15) is 20.3 Å². The van der Waals surface area contributed by atoms with Gasteiger partial charge in [0.1, 0.15) is 5.75 Å². The second-order valence-corrected chi connectivity index (χ2v) is 6.20. The summed E-state index contributed by atoms with van der Waals surface area (Å²) < 4.78 is 26.4. The van der Waals surface area contributed by atoms with Gasteiger partial charge >= 0.3 is 0 Å². The third kappa shape index (κ3) is 4.61. The van der Waals surface area contributed by atoms with E-state index in [1.54, 1.807) is 4.90 Å². The van der Waals surface area contributed by atoms with Gasteiger partial charge in [0.2, 0.25) is 15.9 Å². The van der Waals surface area contributed by atoms with Crippen LogP contribution in [-0.2, 0) is 14.8 Å². The lowest BCUT2D eigenvalue weighted by molar-refractivity contribution is -0.130. The molecule has 0 unspecified atom stereocenters. The normalized spacial score (nSPS) is 11.3. The van der Waals surface area contributed by atoms with E-state index < -0.39 is 10.0 Å². The summed E-state index contributed by atoms with van der Waals surface area (Å²) in [5.74, 6) is -0.279. The number of carbonyl (C=O) groups is 1. The van der Waals surface area contributed by atoms with Gasteiger partial charge in [0.15, 0.2) is 0 Å². The van der Waals surface area contributed by atoms with Gasteiger partial charge in [-0.1, -0.05) is 0 Å². The molecule has 0 aliphatic heterocycles. The minimum atomic E-state index is -3.75. The first kappa shape index (κ1) is 17.3. The van der Waals surface area contributed by atoms with E-state index in [9.17, 15) is 18.3 Å². The van der Waals surface area contributed by atoms with Gasteiger partial charge in [-0.05, 0) is 32.0 Å². The summed E-state index contributed by atoms with van der Waals surface area (Å²) >= 11 is 0. The number of nitrogens with two attached hydrogens (primary N) is 1. The average molecular weight is 315 g/mol. The van der Waals surface area contributed by atoms with Crippen molar-refractivity contribution in [1.29, 1.82) is 0 Å². The van der Waals surface area contributed by atoms with Crippen LogP contribution in [-0.4, -0.2) is 44.0 Å². The first-order chi connectivity index (χ1) is 9.81. The Hall–Kier alpha value is -1.80. The summed E-state index contributed by atoms with van der Waals surface area (Å²) in [4.78, 5) is 13.3. The molecule has 0 bridgehead atoms. The lowest BCUT2D eigenvalue weighted by atomic mass is 10.3. The Morgan fingerprint density at radius 2 is 1.95 bits per heavy atom. The largest absolute Gasteiger partial charge is 0.506 e. The van der Waals surface area contributed by atoms with Crippen LogP contribution in [0, 0.1) is 0 Å². The zero-order valence-electron chi connectivity index (χ0n) is 12.2. The number of aromatic hydroxyl groups is 1. The molecule has 8 heteroatoms. The molecular formula is C13H21N3O4S. The fraction of sp³-hybridized carbons (Fsp3) is 0.462. The second-order valence-electron chi connectivity index (χ2n) is 4.43. The van der Waals surface area contributed by atoms with Crippen molar-refractivity contribution in [3.05, 3.63) is 18.2 Å². The number of hydrogen-bond acceptors (Lipinski definition) is 5. The SMILES string of the molecule is CCN(CC)C(=O)CCNS(=O)(=O)c1ccc(O)c(N)c1. The molecule has 21 heavy (non-hydrogen) atoms. The number of hydrogen-bond donors (Lipinski definition) is 3. The molecule has 1 rings (SSSR count). The van der Waals surface area contributed by atoms with E-state index in [1.807, 2.05) is 13.8 Å². The van der Waals surface area contributed by atoms with Crippen molar-refractivity contribution in [3.8, 4) is 5.75 Å². The highest BCUT2D eigenvalue weighted by Gasteiger charge is 2.16. The first-order valence-corrected chi connectivity index (χ1v) is 8.16. The van der Waals surface area contributed by atoms with Gasteiger partial charge in [-0.15, -0.1) is 0 Å². The third-order valence-electron chi connectivity index (χ3n) is 3.06. The van der Waals surface area contributed by atoms with Crippen LogP contribution in [0.15, 0.2) is 23.1 Å². The van der Waals surface area contributed by atoms with E-state index in [-0.39, 0.29) is 35.2 Å². The van der Waals surface area contributed by atoms with Crippen LogP contribution < -0.4 is 10.5 Å². The molecule has 0 saturated heterocycles. The molecule has 0 radical (unpaired) electrons. The number of anilines is 1. The first-order valence-electron chi connectivity index (χ1n) is 6.67. The quantitative estimate of drug-likeness (QED) is 0.501. The number of rotatable bonds is 7. The average Bonchev–Trinajstić information content (AvgIpc) is 2.43. The van der Waals surface area contributed by atoms with Gasteiger partial charge in [0, 0.05) is 26.1 Å². The molecular weight excluding hydrogens is 294 g/mol. The summed E-state index contributed by atoms with van der Waals surface area (Å²) in [5.41, 5.74) is 5.45. The molecule has 7 nitrogen and oxygen atoms in total. The van der Waals surface area contributed by atoms with Crippen LogP contribution in [0.3, 0.4) is 0 Å². The summed E-state index contributed by atoms with van der Waals surface area (Å²) in [7, 11) is -3.75. The Kier molecular flexibility index (Phi) is 5.98. The zero-order chi connectivity index (χ0) is 16.0. The molecule has 4 N–H and O–H groups in total. The van der Waals surface area contributed by atoms with E-state index in [0.29, 0.717) is 13.1 Å². The Morgan fingerprint density at radius 1 is 1.33 bits per heavy atom. The number of nitrogens with one attached hydrogen (secondary N) is 1. The van der Waals surface area contributed by atoms with E-state index in [1.165, 1.54) is 18.2 Å². The number of sulfonamides is 1. The monoisotopic (exact) mass is 315 g/mol. The van der Waals surface area contributed by atoms with Crippen LogP contribution in [0.4, 0.5) is 5.69 Å². The predicted octanol–water partition coefficient (Wildman–Crippen LogP) is 0.511. The fourth-order valence-electron chi connectivity index (χ4n) is 1.81. The maximum atomic E-state index is 12.0. The van der Waals surface area contributed by atoms with Gasteiger partial charge in [-0.3, -0.25) is 4.79 Å². The number of phenolic OH excluding ortho intramolecular Hbond substituents is 1. The van der Waals surface area contributed by atoms with Crippen molar-refractivity contribution in [1.82, 2.24) is 9.62 Å². The zero-order valence-corrected chi connectivity index (χ0v) is 13.0. The molecule has 0 aromatic heterocycles. The predicted molar refractivity (Wildman–Crippen MR) is 80.3 cm³/mol. The van der Waals surface area contributed by atoms with Crippen molar-refractivity contribution < 1.29 is 18.3 Å². The van der Waals surface area contributed by atoms with Crippen molar-refractivity contribution in [2.75, 3.05) is 25.4 Å². The van der Waals surface area contributed by atoms with E-state index >= 15 is 0 Å². The summed E-state index contributed by atoms with van der Waals surface area (Å²) in [5, 5.41) is 9.28. The Balaban J connectivity index is 2.65. The van der Waals surface area contributed by atoms with Gasteiger partial charge in [0.25, 0.3) is 0 Å². The summed E-state index contributed by atoms with van der Waals surface area (Å²) in [6, 6.07) is 3.63. The molecule has 0 heterocycles. The Bertz CT molecular complexity index is 597. The van der Waals surface area contributed by atoms with Gasteiger partial charge in [0.05, 0.1) is 10.6 Å². The van der Waals surface area contributed by atoms with Crippen LogP contribution >= 0.6 is 0 Å². The minimum absolute atomic E-state index is 0.0123. The second kappa shape index (κ2) is 7.28. The van der Waals surface area contributed by atoms with E-state index in [4.69, 9.17) is 5.73 Å². The van der Waals surface area contributed by atoms with Gasteiger partial charge in [-0.25, -0.2) is 13.1 Å². The maximum Gasteiger partial charge on any atom is 0.240 e. The summed E-state index contributed by atoms with van der Waals surface area (Å²) in [6.45, 7) is 4.93. The van der Waals surface area contributed by atoms with Crippen LogP contribution in [0.25, 0.3) is 0 Å². The molecule has 118 valence electrons. The smallest absolute Gasteiger partial charge is 0.240 e. The van der Waals surface area contributed by atoms with Gasteiger partial charge in [-0.2, -0.15) is 0 Å². The molecule has 1 aromatic carbocycles. The molecule has 1 aromatic rings. The third-order valence-corrected chi connectivity index (χ3v) is 4.52. The summed E-state index contributed by atoms with van der Waals surface area (Å²) in [6.07, 6.45) is 0.0917. The molecule has 0 aliphatic rings. The standard InChI is InChI=1S/C13H21N3O4S/c1-3-16(4-2)13(18)7-8-15-21(19,20)10-5-6-12(17)11(14)9-10/h5-6,9,15,17H,3-4,7-8,14H2,1-2H3. The topological polar surface area (TPSA) is 113 Å². The van der Waals surface area contributed by atoms with E-state index in [2.05, 4.69) is 4.72 Å². The number of amides is 1. The number of carbonyl (C=O) groups excluding carboxylic acids is 1. The molecule has 0 aliphatic carbocycles. The highest BCUT2D eigenvalue weighted by atomic mass is 32.2. The van der Waals surface area contributed by atoms with Crippen LogP contribution in [0.2, 0.25) is 0 Å². The number of benzene rings is 1. The number of phenols is 1. The molecule has 1 amide bonds. The molecule has 0 saturated carbocycles. The highest BCUT2D eigenvalue weighted by Crippen LogP contribution is 2.22. The molecule has 0 fully saturated rings. The van der Waals surface area contributed by atoms with Crippen molar-refractivity contribution >= 4 is 21.6 Å². The van der Waals surface area contributed by atoms with E-state index in [0.717, 1.165) is 0 Å². The maximum absolute atomic E-state index is 12.0. The fourth-order valence-corrected chi connectivity index (χ4v) is 2.88. The number of nitrogen functional groups attached to an aromatic ring is 1. The highest BCUT2D eigenvalue weighted by molar-refractivity contribution is 7.89. The van der Waals surface area contributed by atoms with Crippen molar-refractivity contribution in [3.63, 3.8) is 0 Å². The molecule has 0 spiro atoms. The minimum Gasteiger partial charge on any atom is -0.506 e. The Morgan fingerprint density at radius 3 is 2.48 bits per heavy atom. The van der Waals surface area contributed by atoms with Gasteiger partial charge < -0.3 is 15.7 Å². The van der Waals surface area contributed by atoms with Crippen molar-refractivity contribution in [2.45, 2.75) is 25.2 Å². The van der Waals surface area contributed by atoms with Crippen molar-refractivity contribution in [2.24, 2.45) is 0 Å². The lowest BCUT2D eigenvalue weighted by Gasteiger charge is -2.18. The lowest BCUT2D eigenvalue weighted by Crippen LogP contribution is -2.34. The molecule has 0 atom stereocenters. The Labute approximate surface area is 124 Å².